The molecule has 2 aromatic carbocycles. The van der Waals surface area contributed by atoms with E-state index in [1.54, 1.807) is 24.3 Å². The molecule has 0 saturated carbocycles. The van der Waals surface area contributed by atoms with Gasteiger partial charge in [-0.3, -0.25) is 19.3 Å². The molecule has 1 atom stereocenters. The second-order valence-electron chi connectivity index (χ2n) is 8.70. The summed E-state index contributed by atoms with van der Waals surface area (Å²) in [4.78, 5) is 45.7. The van der Waals surface area contributed by atoms with Gasteiger partial charge in [-0.05, 0) is 30.7 Å². The van der Waals surface area contributed by atoms with E-state index in [0.717, 1.165) is 4.90 Å². The van der Waals surface area contributed by atoms with Crippen LogP contribution in [0.3, 0.4) is 0 Å². The zero-order chi connectivity index (χ0) is 27.2. The number of sulfone groups is 1. The van der Waals surface area contributed by atoms with Crippen LogP contribution in [-0.4, -0.2) is 57.8 Å². The molecule has 38 heavy (non-hydrogen) atoms. The van der Waals surface area contributed by atoms with E-state index in [-0.39, 0.29) is 51.3 Å². The maximum atomic E-state index is 13.0. The normalized spacial score (nSPS) is 19.6. The fourth-order valence-electron chi connectivity index (χ4n) is 4.39. The Bertz CT molecular complexity index is 1800. The highest BCUT2D eigenvalue weighted by Gasteiger charge is 2.45. The number of nitriles is 1. The second-order valence-corrected chi connectivity index (χ2v) is 11.3. The molecule has 13 heteroatoms. The molecule has 5 rings (SSSR count). The zero-order valence-corrected chi connectivity index (χ0v) is 21.0. The maximum Gasteiger partial charge on any atom is 0.279 e. The zero-order valence-electron chi connectivity index (χ0n) is 19.4. The number of hydrogen-bond donors (Lipinski definition) is 3. The Morgan fingerprint density at radius 3 is 2.63 bits per heavy atom. The highest BCUT2D eigenvalue weighted by Crippen LogP contribution is 2.31. The number of carbonyl (C=O) groups is 2. The highest BCUT2D eigenvalue weighted by atomic mass is 35.5. The average Bonchev–Trinajstić information content (AvgIpc) is 3.35. The van der Waals surface area contributed by atoms with Gasteiger partial charge >= 0.3 is 0 Å². The van der Waals surface area contributed by atoms with Gasteiger partial charge in [0.2, 0.25) is 0 Å². The molecular weight excluding hydrogens is 534 g/mol. The minimum absolute atomic E-state index is 0.124. The number of carbonyl (C=O) groups excluding carboxylic acids is 2. The first-order valence-electron chi connectivity index (χ1n) is 11.3. The van der Waals surface area contributed by atoms with Gasteiger partial charge < -0.3 is 15.4 Å². The number of amides is 2. The van der Waals surface area contributed by atoms with E-state index in [1.165, 1.54) is 24.3 Å². The van der Waals surface area contributed by atoms with E-state index in [9.17, 15) is 33.2 Å². The van der Waals surface area contributed by atoms with Crippen LogP contribution in [0.5, 0.6) is 0 Å². The van der Waals surface area contributed by atoms with Crippen LogP contribution in [0.1, 0.15) is 17.8 Å². The van der Waals surface area contributed by atoms with Crippen LogP contribution in [0, 0.1) is 11.3 Å². The Balaban J connectivity index is 1.46. The summed E-state index contributed by atoms with van der Waals surface area (Å²) < 4.78 is 23.7. The Morgan fingerprint density at radius 2 is 1.92 bits per heavy atom. The first kappa shape index (κ1) is 25.2. The molecule has 2 aliphatic rings. The number of anilines is 1. The van der Waals surface area contributed by atoms with Gasteiger partial charge in [0.25, 0.3) is 17.4 Å². The molecule has 2 aliphatic heterocycles. The smallest absolute Gasteiger partial charge is 0.279 e. The third-order valence-corrected chi connectivity index (χ3v) is 8.34. The van der Waals surface area contributed by atoms with Crippen molar-refractivity contribution < 1.29 is 23.1 Å². The molecule has 0 bridgehead atoms. The average molecular weight is 552 g/mol. The summed E-state index contributed by atoms with van der Waals surface area (Å²) >= 11 is 6.15. The number of benzene rings is 2. The standard InChI is InChI=1S/C25H18ClN5O6S/c26-19-20(25(35)31(24(19)34)15-8-9-38(36,37)12-15)28-14-5-3-4-13(10-14)21(32)17(11-27)22-29-18-7-2-1-6-16(18)23(33)30-22/h1-7,10,15,28,32H,8-9,12H2,(H,29,30,33). The Labute approximate surface area is 220 Å². The minimum Gasteiger partial charge on any atom is -0.506 e. The number of aromatic amines is 1. The molecule has 1 aromatic heterocycles. The van der Waals surface area contributed by atoms with Crippen molar-refractivity contribution in [2.24, 2.45) is 0 Å². The monoisotopic (exact) mass is 551 g/mol. The summed E-state index contributed by atoms with van der Waals surface area (Å²) in [5.41, 5.74) is -0.262. The summed E-state index contributed by atoms with van der Waals surface area (Å²) in [7, 11) is -3.35. The number of imide groups is 1. The molecule has 2 amide bonds. The van der Waals surface area contributed by atoms with E-state index in [2.05, 4.69) is 15.3 Å². The quantitative estimate of drug-likeness (QED) is 0.244. The van der Waals surface area contributed by atoms with E-state index in [4.69, 9.17) is 11.6 Å². The summed E-state index contributed by atoms with van der Waals surface area (Å²) in [5, 5.41) is 23.3. The summed E-state index contributed by atoms with van der Waals surface area (Å²) in [6.07, 6.45) is 0.132. The molecule has 1 unspecified atom stereocenters. The predicted octanol–water partition coefficient (Wildman–Crippen LogP) is 2.29. The number of aromatic nitrogens is 2. The van der Waals surface area contributed by atoms with E-state index < -0.39 is 39.0 Å². The van der Waals surface area contributed by atoms with Gasteiger partial charge in [0.15, 0.2) is 15.7 Å². The molecule has 3 heterocycles. The van der Waals surface area contributed by atoms with Crippen molar-refractivity contribution in [2.75, 3.05) is 16.8 Å². The van der Waals surface area contributed by atoms with Crippen molar-refractivity contribution in [1.82, 2.24) is 14.9 Å². The molecule has 0 spiro atoms. The SMILES string of the molecule is N#CC(=C(O)c1cccc(NC2=C(Cl)C(=O)N(C3CCS(=O)(=O)C3)C2=O)c1)c1nc2ccccc2c(=O)[nH]1. The largest absolute Gasteiger partial charge is 0.506 e. The number of H-pyrrole nitrogens is 1. The predicted molar refractivity (Wildman–Crippen MR) is 139 cm³/mol. The fourth-order valence-corrected chi connectivity index (χ4v) is 6.31. The molecule has 0 aliphatic carbocycles. The number of rotatable bonds is 5. The van der Waals surface area contributed by atoms with E-state index in [0.29, 0.717) is 10.9 Å². The lowest BCUT2D eigenvalue weighted by Crippen LogP contribution is -2.42. The summed E-state index contributed by atoms with van der Waals surface area (Å²) in [6.45, 7) is 0. The molecule has 0 radical (unpaired) electrons. The molecular formula is C25H18ClN5O6S. The van der Waals surface area contributed by atoms with E-state index in [1.807, 2.05) is 6.07 Å². The van der Waals surface area contributed by atoms with Crippen LogP contribution < -0.4 is 10.9 Å². The van der Waals surface area contributed by atoms with Crippen molar-refractivity contribution in [3.63, 3.8) is 0 Å². The third-order valence-electron chi connectivity index (χ3n) is 6.24. The number of fused-ring (bicyclic) bond motifs is 1. The number of halogens is 1. The van der Waals surface area contributed by atoms with Crippen LogP contribution in [0.15, 0.2) is 64.1 Å². The maximum absolute atomic E-state index is 13.0. The van der Waals surface area contributed by atoms with Gasteiger partial charge in [-0.25, -0.2) is 13.4 Å². The number of nitrogens with one attached hydrogen (secondary N) is 2. The lowest BCUT2D eigenvalue weighted by Gasteiger charge is -2.21. The number of allylic oxidation sites excluding steroid dienone is 1. The number of hydrogen-bond acceptors (Lipinski definition) is 9. The van der Waals surface area contributed by atoms with Crippen LogP contribution in [0.4, 0.5) is 5.69 Å². The first-order valence-corrected chi connectivity index (χ1v) is 13.5. The molecule has 11 nitrogen and oxygen atoms in total. The van der Waals surface area contributed by atoms with Crippen molar-refractivity contribution in [2.45, 2.75) is 12.5 Å². The van der Waals surface area contributed by atoms with Crippen molar-refractivity contribution in [3.8, 4) is 6.07 Å². The van der Waals surface area contributed by atoms with Crippen molar-refractivity contribution >= 4 is 61.2 Å². The molecule has 1 saturated heterocycles. The van der Waals surface area contributed by atoms with Crippen LogP contribution in [0.25, 0.3) is 22.2 Å². The first-order chi connectivity index (χ1) is 18.1. The van der Waals surface area contributed by atoms with Crippen LogP contribution in [-0.2, 0) is 19.4 Å². The summed E-state index contributed by atoms with van der Waals surface area (Å²) in [6, 6.07) is 13.6. The number of aliphatic hydroxyl groups is 1. The topological polar surface area (TPSA) is 173 Å². The lowest BCUT2D eigenvalue weighted by molar-refractivity contribution is -0.139. The number of nitrogens with zero attached hydrogens (tertiary/aromatic N) is 3. The Kier molecular flexibility index (Phi) is 6.26. The molecule has 3 aromatic rings. The number of aliphatic hydroxyl groups excluding tert-OH is 1. The van der Waals surface area contributed by atoms with Gasteiger partial charge in [-0.1, -0.05) is 35.9 Å². The van der Waals surface area contributed by atoms with Crippen LogP contribution >= 0.6 is 11.6 Å². The van der Waals surface area contributed by atoms with Gasteiger partial charge in [0, 0.05) is 11.3 Å². The van der Waals surface area contributed by atoms with Crippen molar-refractivity contribution in [3.05, 3.63) is 81.0 Å². The minimum atomic E-state index is -3.35. The third kappa shape index (κ3) is 4.42. The van der Waals surface area contributed by atoms with Gasteiger partial charge in [-0.2, -0.15) is 5.26 Å². The Hall–Kier alpha value is -4.47. The Morgan fingerprint density at radius 1 is 1.16 bits per heavy atom. The molecule has 1 fully saturated rings. The van der Waals surface area contributed by atoms with E-state index >= 15 is 0 Å². The highest BCUT2D eigenvalue weighted by molar-refractivity contribution is 7.91. The van der Waals surface area contributed by atoms with Crippen LogP contribution in [0.2, 0.25) is 0 Å². The van der Waals surface area contributed by atoms with Gasteiger partial charge in [0.1, 0.15) is 28.1 Å². The fraction of sp³-hybridized carbons (Fsp3) is 0.160. The second kappa shape index (κ2) is 9.44. The summed E-state index contributed by atoms with van der Waals surface area (Å²) in [5.74, 6) is -2.61. The van der Waals surface area contributed by atoms with Gasteiger partial charge in [-0.15, -0.1) is 0 Å². The van der Waals surface area contributed by atoms with Gasteiger partial charge in [0.05, 0.1) is 28.5 Å². The lowest BCUT2D eigenvalue weighted by atomic mass is 10.1. The van der Waals surface area contributed by atoms with Crippen molar-refractivity contribution in [1.29, 1.82) is 5.26 Å². The molecule has 3 N–H and O–H groups in total. The molecule has 192 valence electrons. The number of para-hydroxylation sites is 1.